The van der Waals surface area contributed by atoms with Crippen LogP contribution in [0.1, 0.15) is 6.92 Å². The highest BCUT2D eigenvalue weighted by Crippen LogP contribution is 2.20. The van der Waals surface area contributed by atoms with Crippen molar-refractivity contribution in [2.75, 3.05) is 0 Å². The molecule has 10 heavy (non-hydrogen) atoms. The van der Waals surface area contributed by atoms with Crippen molar-refractivity contribution >= 4 is 32.2 Å². The summed E-state index contributed by atoms with van der Waals surface area (Å²) >= 11 is 9.10. The number of hydrogen-bond acceptors (Lipinski definition) is 3. The predicted octanol–water partition coefficient (Wildman–Crippen LogP) is 1.10. The van der Waals surface area contributed by atoms with E-state index in [1.807, 2.05) is 0 Å². The van der Waals surface area contributed by atoms with Crippen molar-refractivity contribution in [2.45, 2.75) is 11.9 Å². The van der Waals surface area contributed by atoms with E-state index in [2.05, 4.69) is 26.2 Å². The average molecular weight is 224 g/mol. The molecule has 0 aromatic rings. The summed E-state index contributed by atoms with van der Waals surface area (Å²) in [5.74, 6) is 0.473. The zero-order chi connectivity index (χ0) is 7.78. The van der Waals surface area contributed by atoms with Gasteiger partial charge in [0, 0.05) is 0 Å². The molecule has 0 radical (unpaired) electrons. The molecule has 0 saturated heterocycles. The molecular weight excluding hydrogens is 217 g/mol. The van der Waals surface area contributed by atoms with Crippen molar-refractivity contribution in [1.82, 2.24) is 5.32 Å². The van der Waals surface area contributed by atoms with Crippen molar-refractivity contribution in [1.29, 1.82) is 0 Å². The molecule has 0 aromatic heterocycles. The van der Waals surface area contributed by atoms with Gasteiger partial charge in [-0.1, -0.05) is 11.6 Å². The quantitative estimate of drug-likeness (QED) is 0.478. The number of nitrogens with two attached hydrogens (primary N) is 1. The summed E-state index contributed by atoms with van der Waals surface area (Å²) in [5.41, 5.74) is 5.41. The van der Waals surface area contributed by atoms with Gasteiger partial charge in [-0.05, 0) is 22.9 Å². The average Bonchev–Trinajstić information content (AvgIpc) is 1.78. The number of halogens is 2. The van der Waals surface area contributed by atoms with Crippen molar-refractivity contribution in [3.8, 4) is 0 Å². The fourth-order valence-electron chi connectivity index (χ4n) is 0.602. The molecule has 1 atom stereocenters. The summed E-state index contributed by atoms with van der Waals surface area (Å²) in [5, 5.41) is 2.83. The lowest BCUT2D eigenvalue weighted by atomic mass is 10.3. The molecule has 0 aliphatic carbocycles. The first-order chi connectivity index (χ1) is 4.52. The van der Waals surface area contributed by atoms with Crippen LogP contribution in [-0.2, 0) is 0 Å². The highest BCUT2D eigenvalue weighted by atomic mass is 79.9. The third kappa shape index (κ3) is 1.44. The molecule has 0 bridgehead atoms. The summed E-state index contributed by atoms with van der Waals surface area (Å²) in [6.45, 7) is 1.77. The van der Waals surface area contributed by atoms with Gasteiger partial charge in [0.2, 0.25) is 0 Å². The fourth-order valence-corrected chi connectivity index (χ4v) is 0.962. The molecule has 0 amide bonds. The Bertz CT molecular complexity index is 209. The van der Waals surface area contributed by atoms with Gasteiger partial charge >= 0.3 is 0 Å². The van der Waals surface area contributed by atoms with Gasteiger partial charge in [-0.3, -0.25) is 0 Å². The number of aliphatic imine (C=N–C) groups is 1. The maximum atomic E-state index is 5.91. The maximum Gasteiger partial charge on any atom is 0.160 e. The summed E-state index contributed by atoms with van der Waals surface area (Å²) in [4.78, 5) is 3.22. The molecule has 5 heteroatoms. The SMILES string of the molecule is CC1(Cl)NC(N)=CN=C1Br. The molecule has 0 saturated carbocycles. The minimum Gasteiger partial charge on any atom is -0.384 e. The lowest BCUT2D eigenvalue weighted by Crippen LogP contribution is -2.45. The van der Waals surface area contributed by atoms with Crippen LogP contribution in [-0.4, -0.2) is 9.62 Å². The van der Waals surface area contributed by atoms with Crippen LogP contribution >= 0.6 is 27.5 Å². The third-order valence-electron chi connectivity index (χ3n) is 1.08. The number of nitrogens with one attached hydrogen (secondary N) is 1. The molecule has 1 unspecified atom stereocenters. The standard InChI is InChI=1S/C5H7BrClN3/c1-5(7)4(6)9-2-3(8)10-5/h2,10H,8H2,1H3. The van der Waals surface area contributed by atoms with Gasteiger partial charge < -0.3 is 11.1 Å². The highest BCUT2D eigenvalue weighted by Gasteiger charge is 2.28. The fraction of sp³-hybridized carbons (Fsp3) is 0.400. The number of rotatable bonds is 0. The van der Waals surface area contributed by atoms with Gasteiger partial charge in [0.25, 0.3) is 0 Å². The minimum absolute atomic E-state index is 0.473. The number of nitrogens with zero attached hydrogens (tertiary/aromatic N) is 1. The largest absolute Gasteiger partial charge is 0.384 e. The van der Waals surface area contributed by atoms with Gasteiger partial charge in [0.1, 0.15) is 10.4 Å². The Hall–Kier alpha value is -0.220. The Kier molecular flexibility index (Phi) is 1.92. The van der Waals surface area contributed by atoms with Crippen molar-refractivity contribution in [3.05, 3.63) is 12.0 Å². The highest BCUT2D eigenvalue weighted by molar-refractivity contribution is 9.18. The van der Waals surface area contributed by atoms with E-state index >= 15 is 0 Å². The number of hydrogen-bond donors (Lipinski definition) is 2. The molecule has 3 nitrogen and oxygen atoms in total. The molecule has 3 N–H and O–H groups in total. The van der Waals surface area contributed by atoms with Gasteiger partial charge in [0.15, 0.2) is 5.00 Å². The predicted molar refractivity (Wildman–Crippen MR) is 46.0 cm³/mol. The third-order valence-corrected chi connectivity index (χ3v) is 2.58. The molecule has 1 heterocycles. The van der Waals surface area contributed by atoms with Crippen LogP contribution in [0.5, 0.6) is 0 Å². The summed E-state index contributed by atoms with van der Waals surface area (Å²) < 4.78 is 0.635. The Morgan fingerprint density at radius 2 is 2.50 bits per heavy atom. The van der Waals surface area contributed by atoms with E-state index in [1.54, 1.807) is 6.92 Å². The Labute approximate surface area is 72.5 Å². The molecule has 56 valence electrons. The van der Waals surface area contributed by atoms with Crippen LogP contribution < -0.4 is 11.1 Å². The van der Waals surface area contributed by atoms with Crippen molar-refractivity contribution < 1.29 is 0 Å². The zero-order valence-electron chi connectivity index (χ0n) is 5.36. The van der Waals surface area contributed by atoms with E-state index in [9.17, 15) is 0 Å². The van der Waals surface area contributed by atoms with Gasteiger partial charge in [0.05, 0.1) is 6.20 Å². The normalized spacial score (nSPS) is 32.3. The van der Waals surface area contributed by atoms with Crippen LogP contribution in [0, 0.1) is 0 Å². The molecular formula is C5H7BrClN3. The first-order valence-electron chi connectivity index (χ1n) is 2.69. The molecule has 1 rings (SSSR count). The van der Waals surface area contributed by atoms with E-state index < -0.39 is 5.00 Å². The van der Waals surface area contributed by atoms with Crippen LogP contribution in [0.15, 0.2) is 17.0 Å². The summed E-state index contributed by atoms with van der Waals surface area (Å²) in [6, 6.07) is 0. The van der Waals surface area contributed by atoms with E-state index in [1.165, 1.54) is 6.20 Å². The van der Waals surface area contributed by atoms with E-state index in [-0.39, 0.29) is 0 Å². The zero-order valence-corrected chi connectivity index (χ0v) is 7.70. The van der Waals surface area contributed by atoms with Crippen LogP contribution in [0.4, 0.5) is 0 Å². The first kappa shape index (κ1) is 7.88. The van der Waals surface area contributed by atoms with Gasteiger partial charge in [-0.2, -0.15) is 0 Å². The second kappa shape index (κ2) is 2.43. The molecule has 1 aliphatic rings. The second-order valence-electron chi connectivity index (χ2n) is 2.13. The molecule has 0 spiro atoms. The Morgan fingerprint density at radius 1 is 1.90 bits per heavy atom. The van der Waals surface area contributed by atoms with E-state index in [0.29, 0.717) is 10.4 Å². The van der Waals surface area contributed by atoms with Crippen LogP contribution in [0.2, 0.25) is 0 Å². The lowest BCUT2D eigenvalue weighted by molar-refractivity contribution is 0.682. The van der Waals surface area contributed by atoms with E-state index in [0.717, 1.165) is 0 Å². The summed E-state index contributed by atoms with van der Waals surface area (Å²) in [6.07, 6.45) is 1.51. The molecule has 1 aliphatic heterocycles. The van der Waals surface area contributed by atoms with Crippen molar-refractivity contribution in [3.63, 3.8) is 0 Å². The summed E-state index contributed by atoms with van der Waals surface area (Å²) in [7, 11) is 0. The van der Waals surface area contributed by atoms with Crippen molar-refractivity contribution in [2.24, 2.45) is 10.7 Å². The van der Waals surface area contributed by atoms with Gasteiger partial charge in [-0.25, -0.2) is 4.99 Å². The minimum atomic E-state index is -0.696. The monoisotopic (exact) mass is 223 g/mol. The smallest absolute Gasteiger partial charge is 0.160 e. The van der Waals surface area contributed by atoms with Crippen LogP contribution in [0.25, 0.3) is 0 Å². The second-order valence-corrected chi connectivity index (χ2v) is 3.64. The van der Waals surface area contributed by atoms with Crippen LogP contribution in [0.3, 0.4) is 0 Å². The topological polar surface area (TPSA) is 50.4 Å². The maximum absolute atomic E-state index is 5.91. The Morgan fingerprint density at radius 3 is 2.90 bits per heavy atom. The lowest BCUT2D eigenvalue weighted by Gasteiger charge is -2.25. The molecule has 0 aromatic carbocycles. The number of alkyl halides is 1. The molecule has 0 fully saturated rings. The van der Waals surface area contributed by atoms with Gasteiger partial charge in [-0.15, -0.1) is 0 Å². The van der Waals surface area contributed by atoms with E-state index in [4.69, 9.17) is 17.3 Å². The first-order valence-corrected chi connectivity index (χ1v) is 3.86. The Balaban J connectivity index is 2.89.